The van der Waals surface area contributed by atoms with Gasteiger partial charge in [-0.1, -0.05) is 0 Å². The number of thiophene rings is 1. The molecule has 1 saturated heterocycles. The number of hydrogen-bond acceptors (Lipinski definition) is 5. The highest BCUT2D eigenvalue weighted by Gasteiger charge is 2.27. The van der Waals surface area contributed by atoms with Crippen LogP contribution in [0.5, 0.6) is 0 Å². The molecule has 2 aromatic heterocycles. The van der Waals surface area contributed by atoms with Gasteiger partial charge in [-0.05, 0) is 38.0 Å². The number of hydrogen-bond donors (Lipinski definition) is 0. The fourth-order valence-corrected chi connectivity index (χ4v) is 5.02. The van der Waals surface area contributed by atoms with Gasteiger partial charge in [0, 0.05) is 30.2 Å². The molecular formula is C16H18N2O4S2. The lowest BCUT2D eigenvalue weighted by Crippen LogP contribution is -2.30. The van der Waals surface area contributed by atoms with Crippen LogP contribution >= 0.6 is 11.3 Å². The number of aromatic nitrogens is 1. The number of pyridine rings is 1. The largest absolute Gasteiger partial charge is 0.306 e. The molecule has 0 bridgehead atoms. The van der Waals surface area contributed by atoms with Gasteiger partial charge in [-0.15, -0.1) is 11.3 Å². The maximum absolute atomic E-state index is 12.6. The fraction of sp³-hybridized carbons (Fsp3) is 0.375. The van der Waals surface area contributed by atoms with Crippen LogP contribution < -0.4 is 5.56 Å². The van der Waals surface area contributed by atoms with E-state index in [2.05, 4.69) is 0 Å². The molecule has 0 atom stereocenters. The summed E-state index contributed by atoms with van der Waals surface area (Å²) in [5, 5.41) is 0. The third kappa shape index (κ3) is 3.35. The molecule has 1 aliphatic heterocycles. The molecule has 0 aromatic carbocycles. The number of ketones is 1. The summed E-state index contributed by atoms with van der Waals surface area (Å²) >= 11 is 1.36. The third-order valence-electron chi connectivity index (χ3n) is 3.99. The Bertz CT molecular complexity index is 922. The lowest BCUT2D eigenvalue weighted by atomic mass is 10.3. The molecule has 3 rings (SSSR count). The normalized spacial score (nSPS) is 15.7. The first kappa shape index (κ1) is 17.1. The second kappa shape index (κ2) is 6.62. The molecule has 0 amide bonds. The van der Waals surface area contributed by atoms with Crippen molar-refractivity contribution < 1.29 is 13.2 Å². The van der Waals surface area contributed by atoms with Gasteiger partial charge in [0.05, 0.1) is 16.3 Å². The van der Waals surface area contributed by atoms with E-state index in [0.717, 1.165) is 17.7 Å². The highest BCUT2D eigenvalue weighted by Crippen LogP contribution is 2.20. The van der Waals surface area contributed by atoms with Crippen molar-refractivity contribution in [2.75, 3.05) is 13.1 Å². The SMILES string of the molecule is Cc1ccc(C(=O)Cn2cc(S(=O)(=O)N3CCCC3)ccc2=O)s1. The van der Waals surface area contributed by atoms with E-state index < -0.39 is 15.6 Å². The van der Waals surface area contributed by atoms with Crippen molar-refractivity contribution in [2.24, 2.45) is 0 Å². The Morgan fingerprint density at radius 3 is 2.50 bits per heavy atom. The number of nitrogens with zero attached hydrogens (tertiary/aromatic N) is 2. The fourth-order valence-electron chi connectivity index (χ4n) is 2.68. The second-order valence-electron chi connectivity index (χ2n) is 5.78. The van der Waals surface area contributed by atoms with Crippen LogP contribution in [0.2, 0.25) is 0 Å². The molecule has 0 unspecified atom stereocenters. The van der Waals surface area contributed by atoms with E-state index >= 15 is 0 Å². The van der Waals surface area contributed by atoms with Gasteiger partial charge in [0.25, 0.3) is 5.56 Å². The predicted molar refractivity (Wildman–Crippen MR) is 92.1 cm³/mol. The quantitative estimate of drug-likeness (QED) is 0.757. The standard InChI is InChI=1S/C16H18N2O4S2/c1-12-4-6-15(23-12)14(19)11-17-10-13(5-7-16(17)20)24(21,22)18-8-2-3-9-18/h4-7,10H,2-3,8-9,11H2,1H3. The average molecular weight is 366 g/mol. The summed E-state index contributed by atoms with van der Waals surface area (Å²) < 4.78 is 27.8. The number of rotatable bonds is 5. The average Bonchev–Trinajstić information content (AvgIpc) is 3.20. The van der Waals surface area contributed by atoms with E-state index in [9.17, 15) is 18.0 Å². The molecule has 1 aliphatic rings. The zero-order valence-corrected chi connectivity index (χ0v) is 14.9. The van der Waals surface area contributed by atoms with Gasteiger partial charge in [0.15, 0.2) is 5.78 Å². The predicted octanol–water partition coefficient (Wildman–Crippen LogP) is 1.89. The van der Waals surface area contributed by atoms with Crippen molar-refractivity contribution in [3.63, 3.8) is 0 Å². The molecule has 3 heterocycles. The first-order valence-electron chi connectivity index (χ1n) is 7.68. The van der Waals surface area contributed by atoms with Crippen molar-refractivity contribution in [3.05, 3.63) is 50.6 Å². The zero-order chi connectivity index (χ0) is 17.3. The van der Waals surface area contributed by atoms with E-state index in [1.165, 1.54) is 38.5 Å². The topological polar surface area (TPSA) is 76.5 Å². The highest BCUT2D eigenvalue weighted by molar-refractivity contribution is 7.89. The molecule has 128 valence electrons. The van der Waals surface area contributed by atoms with E-state index in [1.54, 1.807) is 6.07 Å². The summed E-state index contributed by atoms with van der Waals surface area (Å²) in [4.78, 5) is 25.9. The minimum absolute atomic E-state index is 0.0548. The van der Waals surface area contributed by atoms with Gasteiger partial charge < -0.3 is 4.57 Å². The first-order valence-corrected chi connectivity index (χ1v) is 9.94. The first-order chi connectivity index (χ1) is 11.4. The number of Topliss-reactive ketones (excluding diaryl/α,β-unsaturated/α-hetero) is 1. The van der Waals surface area contributed by atoms with E-state index in [0.29, 0.717) is 18.0 Å². The maximum Gasteiger partial charge on any atom is 0.251 e. The Labute approximate surface area is 144 Å². The molecule has 0 aliphatic carbocycles. The van der Waals surface area contributed by atoms with Crippen LogP contribution in [0.3, 0.4) is 0 Å². The molecule has 24 heavy (non-hydrogen) atoms. The van der Waals surface area contributed by atoms with Gasteiger partial charge in [0.1, 0.15) is 0 Å². The molecular weight excluding hydrogens is 348 g/mol. The highest BCUT2D eigenvalue weighted by atomic mass is 32.2. The van der Waals surface area contributed by atoms with Crippen molar-refractivity contribution in [2.45, 2.75) is 31.2 Å². The minimum atomic E-state index is -3.61. The Kier molecular flexibility index (Phi) is 4.71. The molecule has 0 radical (unpaired) electrons. The monoisotopic (exact) mass is 366 g/mol. The molecule has 0 spiro atoms. The van der Waals surface area contributed by atoms with Gasteiger partial charge in [-0.2, -0.15) is 4.31 Å². The zero-order valence-electron chi connectivity index (χ0n) is 13.3. The van der Waals surface area contributed by atoms with Crippen molar-refractivity contribution in [3.8, 4) is 0 Å². The number of carbonyl (C=O) groups excluding carboxylic acids is 1. The smallest absolute Gasteiger partial charge is 0.251 e. The van der Waals surface area contributed by atoms with Crippen LogP contribution in [0.15, 0.2) is 40.2 Å². The van der Waals surface area contributed by atoms with E-state index in [1.807, 2.05) is 13.0 Å². The minimum Gasteiger partial charge on any atom is -0.306 e. The van der Waals surface area contributed by atoms with Crippen molar-refractivity contribution in [1.82, 2.24) is 8.87 Å². The van der Waals surface area contributed by atoms with Crippen molar-refractivity contribution in [1.29, 1.82) is 0 Å². The van der Waals surface area contributed by atoms with Crippen molar-refractivity contribution >= 4 is 27.1 Å². The molecule has 6 nitrogen and oxygen atoms in total. The van der Waals surface area contributed by atoms with Crippen LogP contribution in [-0.4, -0.2) is 36.2 Å². The van der Waals surface area contributed by atoms with Gasteiger partial charge in [-0.25, -0.2) is 8.42 Å². The summed E-state index contributed by atoms with van der Waals surface area (Å²) in [6.45, 7) is 2.72. The molecule has 0 saturated carbocycles. The Morgan fingerprint density at radius 2 is 1.88 bits per heavy atom. The Balaban J connectivity index is 1.89. The second-order valence-corrected chi connectivity index (χ2v) is 9.00. The summed E-state index contributed by atoms with van der Waals surface area (Å²) in [5.74, 6) is -0.203. The summed E-state index contributed by atoms with van der Waals surface area (Å²) in [6, 6.07) is 6.08. The van der Waals surface area contributed by atoms with Gasteiger partial charge >= 0.3 is 0 Å². The lowest BCUT2D eigenvalue weighted by Gasteiger charge is -2.16. The lowest BCUT2D eigenvalue weighted by molar-refractivity contribution is 0.0974. The third-order valence-corrected chi connectivity index (χ3v) is 6.91. The Hall–Kier alpha value is -1.77. The Morgan fingerprint density at radius 1 is 1.17 bits per heavy atom. The summed E-state index contributed by atoms with van der Waals surface area (Å²) in [6.07, 6.45) is 2.96. The maximum atomic E-state index is 12.6. The van der Waals surface area contributed by atoms with Crippen LogP contribution in [0, 0.1) is 6.92 Å². The molecule has 2 aromatic rings. The molecule has 8 heteroatoms. The molecule has 1 fully saturated rings. The summed E-state index contributed by atoms with van der Waals surface area (Å²) in [7, 11) is -3.61. The van der Waals surface area contributed by atoms with E-state index in [-0.39, 0.29) is 17.2 Å². The van der Waals surface area contributed by atoms with Gasteiger partial charge in [0.2, 0.25) is 10.0 Å². The summed E-state index contributed by atoms with van der Waals surface area (Å²) in [5.41, 5.74) is -0.392. The van der Waals surface area contributed by atoms with Gasteiger partial charge in [-0.3, -0.25) is 9.59 Å². The van der Waals surface area contributed by atoms with Crippen LogP contribution in [0.1, 0.15) is 27.4 Å². The van der Waals surface area contributed by atoms with Crippen LogP contribution in [-0.2, 0) is 16.6 Å². The number of sulfonamides is 1. The van der Waals surface area contributed by atoms with Crippen LogP contribution in [0.4, 0.5) is 0 Å². The number of carbonyl (C=O) groups is 1. The van der Waals surface area contributed by atoms with E-state index in [4.69, 9.17) is 0 Å². The molecule has 0 N–H and O–H groups in total. The number of aryl methyl sites for hydroxylation is 1. The van der Waals surface area contributed by atoms with Crippen LogP contribution in [0.25, 0.3) is 0 Å².